The van der Waals surface area contributed by atoms with Crippen LogP contribution >= 0.6 is 0 Å². The van der Waals surface area contributed by atoms with Crippen LogP contribution in [0.3, 0.4) is 0 Å². The Balaban J connectivity index is 1.32. The van der Waals surface area contributed by atoms with Crippen molar-refractivity contribution < 1.29 is 4.79 Å². The third kappa shape index (κ3) is 3.69. The molecule has 2 bridgehead atoms. The van der Waals surface area contributed by atoms with Crippen LogP contribution < -0.4 is 5.32 Å². The Morgan fingerprint density at radius 3 is 2.52 bits per heavy atom. The molecule has 0 spiro atoms. The number of carbonyl (C=O) groups excluding carboxylic acids is 1. The molecule has 2 fully saturated rings. The Hall–Kier alpha value is -2.88. The number of hydrogen-bond acceptors (Lipinski definition) is 3. The van der Waals surface area contributed by atoms with Gasteiger partial charge in [-0.25, -0.2) is 0 Å². The zero-order valence-corrected chi connectivity index (χ0v) is 18.3. The Morgan fingerprint density at radius 1 is 1.16 bits per heavy atom. The van der Waals surface area contributed by atoms with Gasteiger partial charge in [-0.05, 0) is 42.7 Å². The Morgan fingerprint density at radius 2 is 1.87 bits per heavy atom. The lowest BCUT2D eigenvalue weighted by Gasteiger charge is -2.32. The first-order valence-electron chi connectivity index (χ1n) is 11.5. The number of benzene rings is 2. The summed E-state index contributed by atoms with van der Waals surface area (Å²) < 4.78 is 0. The van der Waals surface area contributed by atoms with Crippen LogP contribution in [0.25, 0.3) is 0 Å². The van der Waals surface area contributed by atoms with Crippen LogP contribution in [0.1, 0.15) is 49.8 Å². The minimum Gasteiger partial charge on any atom is -0.347 e. The maximum absolute atomic E-state index is 13.2. The highest BCUT2D eigenvalue weighted by molar-refractivity contribution is 6.39. The second-order valence-corrected chi connectivity index (χ2v) is 9.52. The summed E-state index contributed by atoms with van der Waals surface area (Å²) in [5, 5.41) is 10.3. The van der Waals surface area contributed by atoms with Crippen molar-refractivity contribution in [3.05, 3.63) is 83.9 Å². The van der Waals surface area contributed by atoms with Crippen molar-refractivity contribution in [3.63, 3.8) is 0 Å². The van der Waals surface area contributed by atoms with Crippen LogP contribution in [0.15, 0.2) is 77.9 Å². The molecule has 0 saturated heterocycles. The van der Waals surface area contributed by atoms with E-state index < -0.39 is 0 Å². The summed E-state index contributed by atoms with van der Waals surface area (Å²) in [5.41, 5.74) is 4.53. The van der Waals surface area contributed by atoms with Gasteiger partial charge in [-0.2, -0.15) is 5.10 Å². The topological polar surface area (TPSA) is 44.7 Å². The zero-order chi connectivity index (χ0) is 21.4. The molecular formula is C27H31N3O. The first-order chi connectivity index (χ1) is 15.0. The van der Waals surface area contributed by atoms with E-state index in [9.17, 15) is 4.79 Å². The summed E-state index contributed by atoms with van der Waals surface area (Å²) in [7, 11) is 0. The summed E-state index contributed by atoms with van der Waals surface area (Å²) in [6, 6.07) is 21.2. The van der Waals surface area contributed by atoms with Gasteiger partial charge in [0.2, 0.25) is 0 Å². The van der Waals surface area contributed by atoms with Crippen LogP contribution in [-0.2, 0) is 11.2 Å². The Kier molecular flexibility index (Phi) is 5.17. The second-order valence-electron chi connectivity index (χ2n) is 9.52. The molecule has 3 aliphatic rings. The van der Waals surface area contributed by atoms with Crippen molar-refractivity contribution in [2.24, 2.45) is 16.4 Å². The first kappa shape index (κ1) is 20.0. The van der Waals surface area contributed by atoms with Crippen LogP contribution in [0, 0.1) is 11.3 Å². The lowest BCUT2D eigenvalue weighted by molar-refractivity contribution is -0.116. The number of nitrogens with zero attached hydrogens (tertiary/aromatic N) is 2. The number of nitrogens with one attached hydrogen (secondary N) is 1. The van der Waals surface area contributed by atoms with E-state index in [1.165, 1.54) is 23.1 Å². The molecule has 1 unspecified atom stereocenters. The van der Waals surface area contributed by atoms with Crippen LogP contribution in [0.4, 0.5) is 0 Å². The molecular weight excluding hydrogens is 382 g/mol. The van der Waals surface area contributed by atoms with Crippen LogP contribution in [-0.4, -0.2) is 29.2 Å². The average molecular weight is 414 g/mol. The van der Waals surface area contributed by atoms with Gasteiger partial charge in [0, 0.05) is 24.4 Å². The fourth-order valence-corrected chi connectivity index (χ4v) is 5.69. The van der Waals surface area contributed by atoms with E-state index in [2.05, 4.69) is 72.4 Å². The highest BCUT2D eigenvalue weighted by Crippen LogP contribution is 2.57. The zero-order valence-electron chi connectivity index (χ0n) is 18.3. The van der Waals surface area contributed by atoms with Crippen molar-refractivity contribution in [2.75, 3.05) is 6.54 Å². The van der Waals surface area contributed by atoms with Crippen molar-refractivity contribution in [1.29, 1.82) is 0 Å². The molecule has 4 nitrogen and oxygen atoms in total. The van der Waals surface area contributed by atoms with Gasteiger partial charge >= 0.3 is 0 Å². The summed E-state index contributed by atoms with van der Waals surface area (Å²) in [6.07, 6.45) is 4.92. The Labute approximate surface area is 185 Å². The quantitative estimate of drug-likeness (QED) is 0.685. The molecule has 1 amide bonds. The number of carbonyl (C=O) groups is 1. The van der Waals surface area contributed by atoms with E-state index in [1.807, 2.05) is 12.1 Å². The summed E-state index contributed by atoms with van der Waals surface area (Å²) >= 11 is 0. The molecule has 1 N–H and O–H groups in total. The van der Waals surface area contributed by atoms with Gasteiger partial charge in [0.25, 0.3) is 5.91 Å². The molecule has 2 aromatic carbocycles. The number of hydrogen-bond donors (Lipinski definition) is 1. The van der Waals surface area contributed by atoms with Gasteiger partial charge < -0.3 is 5.32 Å². The maximum Gasteiger partial charge on any atom is 0.267 e. The Bertz CT molecular complexity index is 1000. The van der Waals surface area contributed by atoms with E-state index in [4.69, 9.17) is 5.10 Å². The molecule has 5 rings (SSSR count). The predicted molar refractivity (Wildman–Crippen MR) is 125 cm³/mol. The molecule has 1 heterocycles. The van der Waals surface area contributed by atoms with E-state index in [0.29, 0.717) is 18.1 Å². The molecule has 160 valence electrons. The molecule has 0 radical (unpaired) electrons. The normalized spacial score (nSPS) is 29.3. The molecule has 0 aromatic heterocycles. The van der Waals surface area contributed by atoms with Crippen molar-refractivity contribution in [3.8, 4) is 0 Å². The molecule has 4 atom stereocenters. The molecule has 1 aliphatic heterocycles. The SMILES string of the molecule is C=C1[C@@H]2CC[C@@]1(C)[C@@H](NC(=O)C1=NN(CCc3ccccc3)C(c3ccccc3)C1)C2. The highest BCUT2D eigenvalue weighted by atomic mass is 16.2. The minimum absolute atomic E-state index is 0.00489. The molecule has 2 aliphatic carbocycles. The van der Waals surface area contributed by atoms with E-state index >= 15 is 0 Å². The largest absolute Gasteiger partial charge is 0.347 e. The molecule has 4 heteroatoms. The lowest BCUT2D eigenvalue weighted by Crippen LogP contribution is -2.46. The maximum atomic E-state index is 13.2. The van der Waals surface area contributed by atoms with E-state index in [0.717, 1.165) is 25.8 Å². The summed E-state index contributed by atoms with van der Waals surface area (Å²) in [5.74, 6) is 0.565. The molecule has 31 heavy (non-hydrogen) atoms. The lowest BCUT2D eigenvalue weighted by atomic mass is 9.80. The third-order valence-electron chi connectivity index (χ3n) is 7.75. The van der Waals surface area contributed by atoms with Crippen molar-refractivity contribution in [1.82, 2.24) is 10.3 Å². The van der Waals surface area contributed by atoms with Gasteiger partial charge in [-0.1, -0.05) is 79.7 Å². The smallest absolute Gasteiger partial charge is 0.267 e. The monoisotopic (exact) mass is 413 g/mol. The fraction of sp³-hybridized carbons (Fsp3) is 0.407. The fourth-order valence-electron chi connectivity index (χ4n) is 5.69. The van der Waals surface area contributed by atoms with Gasteiger partial charge in [0.1, 0.15) is 5.71 Å². The highest BCUT2D eigenvalue weighted by Gasteiger charge is 2.52. The standard InChI is InChI=1S/C27H31N3O/c1-19-22-13-15-27(19,2)25(17-22)28-26(31)23-18-24(21-11-7-4-8-12-21)30(29-23)16-14-20-9-5-3-6-10-20/h3-12,22,24-25H,1,13-18H2,2H3,(H,28,31)/t22-,24?,25+,27-/m1/s1. The number of amides is 1. The summed E-state index contributed by atoms with van der Waals surface area (Å²) in [4.78, 5) is 13.2. The minimum atomic E-state index is -0.00489. The van der Waals surface area contributed by atoms with Crippen LogP contribution in [0.2, 0.25) is 0 Å². The van der Waals surface area contributed by atoms with Gasteiger partial charge in [-0.3, -0.25) is 9.80 Å². The number of rotatable bonds is 6. The first-order valence-corrected chi connectivity index (χ1v) is 11.5. The third-order valence-corrected chi connectivity index (χ3v) is 7.75. The summed E-state index contributed by atoms with van der Waals surface area (Å²) in [6.45, 7) is 7.39. The van der Waals surface area contributed by atoms with Gasteiger partial charge in [-0.15, -0.1) is 0 Å². The van der Waals surface area contributed by atoms with Gasteiger partial charge in [0.15, 0.2) is 0 Å². The number of fused-ring (bicyclic) bond motifs is 2. The number of hydrazone groups is 1. The van der Waals surface area contributed by atoms with Crippen molar-refractivity contribution in [2.45, 2.75) is 51.1 Å². The molecule has 2 saturated carbocycles. The van der Waals surface area contributed by atoms with Crippen LogP contribution in [0.5, 0.6) is 0 Å². The van der Waals surface area contributed by atoms with E-state index in [1.54, 1.807) is 0 Å². The van der Waals surface area contributed by atoms with Gasteiger partial charge in [0.05, 0.1) is 6.04 Å². The molecule has 2 aromatic rings. The van der Waals surface area contributed by atoms with Crippen molar-refractivity contribution >= 4 is 11.6 Å². The predicted octanol–water partition coefficient (Wildman–Crippen LogP) is 4.89. The van der Waals surface area contributed by atoms with E-state index in [-0.39, 0.29) is 23.4 Å². The average Bonchev–Trinajstić information content (AvgIpc) is 3.42. The second kappa shape index (κ2) is 7.99.